The Morgan fingerprint density at radius 2 is 1.80 bits per heavy atom. The number of carbonyl (C=O) groups is 2. The third-order valence-corrected chi connectivity index (χ3v) is 4.28. The van der Waals surface area contributed by atoms with Crippen molar-refractivity contribution in [3.8, 4) is 0 Å². The van der Waals surface area contributed by atoms with E-state index in [1.165, 1.54) is 0 Å². The van der Waals surface area contributed by atoms with E-state index < -0.39 is 5.60 Å². The van der Waals surface area contributed by atoms with Crippen LogP contribution in [0.2, 0.25) is 0 Å². The summed E-state index contributed by atoms with van der Waals surface area (Å²) in [6, 6.07) is 0. The minimum absolute atomic E-state index is 0.140. The summed E-state index contributed by atoms with van der Waals surface area (Å²) in [7, 11) is 0. The fraction of sp³-hybridized carbons (Fsp3) is 0.867. The molecule has 2 fully saturated rings. The molecule has 0 bridgehead atoms. The van der Waals surface area contributed by atoms with Crippen molar-refractivity contribution in [1.29, 1.82) is 0 Å². The third-order valence-electron chi connectivity index (χ3n) is 4.28. The predicted octanol–water partition coefficient (Wildman–Crippen LogP) is 1.97. The first-order chi connectivity index (χ1) is 9.23. The van der Waals surface area contributed by atoms with Crippen molar-refractivity contribution in [3.63, 3.8) is 0 Å². The molecule has 0 aromatic heterocycles. The van der Waals surface area contributed by atoms with Gasteiger partial charge in [-0.25, -0.2) is 4.79 Å². The monoisotopic (exact) mass is 282 g/mol. The summed E-state index contributed by atoms with van der Waals surface area (Å²) in [5.41, 5.74) is -0.434. The second-order valence-electron chi connectivity index (χ2n) is 6.93. The summed E-state index contributed by atoms with van der Waals surface area (Å²) in [4.78, 5) is 27.1. The van der Waals surface area contributed by atoms with E-state index in [0.29, 0.717) is 17.8 Å². The molecule has 2 rings (SSSR count). The highest BCUT2D eigenvalue weighted by molar-refractivity contribution is 5.73. The predicted molar refractivity (Wildman–Crippen MR) is 76.2 cm³/mol. The van der Waals surface area contributed by atoms with Crippen LogP contribution in [0.4, 0.5) is 4.79 Å². The van der Waals surface area contributed by atoms with Crippen molar-refractivity contribution in [3.05, 3.63) is 0 Å². The SMILES string of the molecule is CCN(C[C@@H]1[C@H]2CN(C(=O)OC(C)(C)C)C[C@@H]12)C(C)=O. The van der Waals surface area contributed by atoms with E-state index in [2.05, 4.69) is 0 Å². The van der Waals surface area contributed by atoms with Crippen LogP contribution in [0.5, 0.6) is 0 Å². The van der Waals surface area contributed by atoms with Crippen molar-refractivity contribution in [2.45, 2.75) is 40.2 Å². The number of hydrogen-bond donors (Lipinski definition) is 0. The first-order valence-electron chi connectivity index (χ1n) is 7.46. The lowest BCUT2D eigenvalue weighted by Crippen LogP contribution is -2.38. The summed E-state index contributed by atoms with van der Waals surface area (Å²) in [5, 5.41) is 0. The summed E-state index contributed by atoms with van der Waals surface area (Å²) in [6.07, 6.45) is -0.206. The number of likely N-dealkylation sites (tertiary alicyclic amines) is 1. The van der Waals surface area contributed by atoms with Crippen molar-refractivity contribution in [2.75, 3.05) is 26.2 Å². The molecule has 2 aliphatic rings. The van der Waals surface area contributed by atoms with Gasteiger partial charge in [0.25, 0.3) is 0 Å². The zero-order valence-electron chi connectivity index (χ0n) is 13.2. The molecule has 20 heavy (non-hydrogen) atoms. The van der Waals surface area contributed by atoms with Gasteiger partial charge in [0.1, 0.15) is 5.60 Å². The largest absolute Gasteiger partial charge is 0.444 e. The van der Waals surface area contributed by atoms with Gasteiger partial charge in [0.15, 0.2) is 0 Å². The summed E-state index contributed by atoms with van der Waals surface area (Å²) in [5.74, 6) is 1.81. The van der Waals surface area contributed by atoms with E-state index in [0.717, 1.165) is 26.2 Å². The molecule has 0 aromatic rings. The molecule has 1 heterocycles. The molecule has 0 N–H and O–H groups in total. The van der Waals surface area contributed by atoms with Crippen LogP contribution in [0.25, 0.3) is 0 Å². The molecule has 114 valence electrons. The highest BCUT2D eigenvalue weighted by Crippen LogP contribution is 2.52. The average Bonchev–Trinajstić information content (AvgIpc) is 2.76. The Labute approximate surface area is 121 Å². The van der Waals surface area contributed by atoms with E-state index in [1.807, 2.05) is 32.6 Å². The fourth-order valence-corrected chi connectivity index (χ4v) is 3.13. The van der Waals surface area contributed by atoms with Gasteiger partial charge in [0.05, 0.1) is 0 Å². The van der Waals surface area contributed by atoms with E-state index in [4.69, 9.17) is 4.74 Å². The maximum absolute atomic E-state index is 12.0. The Bertz CT molecular complexity index is 390. The van der Waals surface area contributed by atoms with E-state index in [9.17, 15) is 9.59 Å². The molecule has 0 radical (unpaired) electrons. The van der Waals surface area contributed by atoms with Crippen LogP contribution in [0.15, 0.2) is 0 Å². The molecular formula is C15H26N2O3. The number of nitrogens with zero attached hydrogens (tertiary/aromatic N) is 2. The zero-order valence-corrected chi connectivity index (χ0v) is 13.2. The number of rotatable bonds is 3. The standard InChI is InChI=1S/C15H26N2O3/c1-6-16(10(2)18)7-11-12-8-17(9-13(11)12)14(19)20-15(3,4)5/h11-13H,6-9H2,1-5H3/t11-,12-,13+. The quantitative estimate of drug-likeness (QED) is 0.795. The van der Waals surface area contributed by atoms with Gasteiger partial charge in [-0.1, -0.05) is 0 Å². The number of hydrogen-bond acceptors (Lipinski definition) is 3. The van der Waals surface area contributed by atoms with Crippen LogP contribution in [0, 0.1) is 17.8 Å². The maximum atomic E-state index is 12.0. The highest BCUT2D eigenvalue weighted by atomic mass is 16.6. The lowest BCUT2D eigenvalue weighted by Gasteiger charge is -2.26. The Hall–Kier alpha value is -1.26. The second kappa shape index (κ2) is 5.26. The Morgan fingerprint density at radius 3 is 2.20 bits per heavy atom. The van der Waals surface area contributed by atoms with Crippen LogP contribution in [-0.2, 0) is 9.53 Å². The molecular weight excluding hydrogens is 256 g/mol. The molecule has 5 nitrogen and oxygen atoms in total. The molecule has 1 saturated carbocycles. The first kappa shape index (κ1) is 15.1. The maximum Gasteiger partial charge on any atom is 0.410 e. The summed E-state index contributed by atoms with van der Waals surface area (Å²) >= 11 is 0. The number of ether oxygens (including phenoxy) is 1. The molecule has 0 unspecified atom stereocenters. The molecule has 1 saturated heterocycles. The fourth-order valence-electron chi connectivity index (χ4n) is 3.13. The van der Waals surface area contributed by atoms with Crippen LogP contribution >= 0.6 is 0 Å². The number of fused-ring (bicyclic) bond motifs is 1. The third kappa shape index (κ3) is 3.25. The van der Waals surface area contributed by atoms with E-state index in [1.54, 1.807) is 11.8 Å². The number of carbonyl (C=O) groups excluding carboxylic acids is 2. The van der Waals surface area contributed by atoms with Crippen molar-refractivity contribution in [2.24, 2.45) is 17.8 Å². The normalized spacial score (nSPS) is 28.1. The Morgan fingerprint density at radius 1 is 1.25 bits per heavy atom. The summed E-state index contributed by atoms with van der Waals surface area (Å²) in [6.45, 7) is 12.4. The van der Waals surface area contributed by atoms with Crippen molar-refractivity contribution in [1.82, 2.24) is 9.80 Å². The van der Waals surface area contributed by atoms with Gasteiger partial charge >= 0.3 is 6.09 Å². The lowest BCUT2D eigenvalue weighted by molar-refractivity contribution is -0.129. The van der Waals surface area contributed by atoms with Crippen LogP contribution in [0.3, 0.4) is 0 Å². The van der Waals surface area contributed by atoms with Crippen LogP contribution < -0.4 is 0 Å². The van der Waals surface area contributed by atoms with Crippen molar-refractivity contribution < 1.29 is 14.3 Å². The van der Waals surface area contributed by atoms with Gasteiger partial charge in [-0.2, -0.15) is 0 Å². The molecule has 2 amide bonds. The number of piperidine rings is 1. The van der Waals surface area contributed by atoms with Gasteiger partial charge < -0.3 is 14.5 Å². The van der Waals surface area contributed by atoms with Gasteiger partial charge in [-0.15, -0.1) is 0 Å². The zero-order chi connectivity index (χ0) is 15.1. The minimum atomic E-state index is -0.434. The van der Waals surface area contributed by atoms with Gasteiger partial charge in [-0.05, 0) is 45.4 Å². The smallest absolute Gasteiger partial charge is 0.410 e. The minimum Gasteiger partial charge on any atom is -0.444 e. The van der Waals surface area contributed by atoms with Gasteiger partial charge in [-0.3, -0.25) is 4.79 Å². The van der Waals surface area contributed by atoms with Crippen LogP contribution in [-0.4, -0.2) is 53.6 Å². The Kier molecular flexibility index (Phi) is 3.98. The van der Waals surface area contributed by atoms with E-state index in [-0.39, 0.29) is 12.0 Å². The van der Waals surface area contributed by atoms with Gasteiger partial charge in [0.2, 0.25) is 5.91 Å². The second-order valence-corrected chi connectivity index (χ2v) is 6.93. The van der Waals surface area contributed by atoms with Crippen molar-refractivity contribution >= 4 is 12.0 Å². The molecule has 3 atom stereocenters. The first-order valence-corrected chi connectivity index (χ1v) is 7.46. The van der Waals surface area contributed by atoms with E-state index >= 15 is 0 Å². The van der Waals surface area contributed by atoms with Gasteiger partial charge in [0, 0.05) is 33.1 Å². The Balaban J connectivity index is 1.79. The molecule has 1 aliphatic carbocycles. The topological polar surface area (TPSA) is 49.9 Å². The highest BCUT2D eigenvalue weighted by Gasteiger charge is 2.57. The van der Waals surface area contributed by atoms with Crippen LogP contribution in [0.1, 0.15) is 34.6 Å². The molecule has 0 aromatic carbocycles. The summed E-state index contributed by atoms with van der Waals surface area (Å²) < 4.78 is 5.39. The number of amides is 2. The molecule has 1 aliphatic heterocycles. The molecule has 0 spiro atoms. The lowest BCUT2D eigenvalue weighted by atomic mass is 10.2. The average molecular weight is 282 g/mol. The molecule has 5 heteroatoms.